The van der Waals surface area contributed by atoms with Crippen molar-refractivity contribution >= 4 is 13.8 Å². The number of hydrogen-bond acceptors (Lipinski definition) is 8. The van der Waals surface area contributed by atoms with Gasteiger partial charge in [0.1, 0.15) is 12.2 Å². The quantitative estimate of drug-likeness (QED) is 0.0240. The number of unbranched alkanes of at least 4 members (excludes halogenated alkanes) is 13. The van der Waals surface area contributed by atoms with Crippen LogP contribution in [0.25, 0.3) is 0 Å². The first-order valence-electron chi connectivity index (χ1n) is 21.6. The van der Waals surface area contributed by atoms with Gasteiger partial charge >= 0.3 is 13.8 Å². The molecule has 0 aromatic carbocycles. The van der Waals surface area contributed by atoms with Crippen LogP contribution in [0.2, 0.25) is 0 Å². The predicted molar refractivity (Wildman–Crippen MR) is 232 cm³/mol. The number of aliphatic hydroxyl groups excluding tert-OH is 2. The van der Waals surface area contributed by atoms with Crippen LogP contribution in [0, 0.1) is 0 Å². The lowest BCUT2D eigenvalue weighted by atomic mass is 10.1. The van der Waals surface area contributed by atoms with E-state index in [-0.39, 0.29) is 13.0 Å². The van der Waals surface area contributed by atoms with E-state index in [1.807, 2.05) is 12.2 Å². The molecule has 9 nitrogen and oxygen atoms in total. The molecular formula is C46H79O9P. The first-order chi connectivity index (χ1) is 27.3. The molecule has 0 bridgehead atoms. The van der Waals surface area contributed by atoms with Crippen LogP contribution < -0.4 is 0 Å². The Bertz CT molecular complexity index is 1140. The highest BCUT2D eigenvalue weighted by atomic mass is 31.2. The first kappa shape index (κ1) is 53.6. The summed E-state index contributed by atoms with van der Waals surface area (Å²) in [7, 11) is -4.55. The molecule has 0 rings (SSSR count). The number of carbonyl (C=O) groups is 1. The van der Waals surface area contributed by atoms with Gasteiger partial charge in [-0.05, 0) is 70.6 Å². The van der Waals surface area contributed by atoms with Crippen molar-refractivity contribution in [3.8, 4) is 0 Å². The van der Waals surface area contributed by atoms with Crippen LogP contribution in [0.4, 0.5) is 0 Å². The third-order valence-corrected chi connectivity index (χ3v) is 9.55. The lowest BCUT2D eigenvalue weighted by Gasteiger charge is -2.20. The van der Waals surface area contributed by atoms with Crippen LogP contribution in [0.15, 0.2) is 85.1 Å². The Labute approximate surface area is 341 Å². The molecule has 322 valence electrons. The van der Waals surface area contributed by atoms with E-state index in [0.29, 0.717) is 13.0 Å². The molecule has 0 aliphatic rings. The van der Waals surface area contributed by atoms with Crippen LogP contribution in [0.5, 0.6) is 0 Å². The van der Waals surface area contributed by atoms with E-state index in [2.05, 4.69) is 80.7 Å². The lowest BCUT2D eigenvalue weighted by Crippen LogP contribution is -2.28. The first-order valence-corrected chi connectivity index (χ1v) is 23.1. The minimum Gasteiger partial charge on any atom is -0.457 e. The number of ether oxygens (including phenoxy) is 2. The highest BCUT2D eigenvalue weighted by Crippen LogP contribution is 2.43. The Kier molecular flexibility index (Phi) is 40.5. The largest absolute Gasteiger partial charge is 0.472 e. The summed E-state index contributed by atoms with van der Waals surface area (Å²) < 4.78 is 33.2. The third-order valence-electron chi connectivity index (χ3n) is 8.60. The molecule has 3 N–H and O–H groups in total. The molecule has 0 aromatic rings. The average Bonchev–Trinajstić information content (AvgIpc) is 3.19. The zero-order chi connectivity index (χ0) is 41.1. The van der Waals surface area contributed by atoms with Gasteiger partial charge in [-0.2, -0.15) is 0 Å². The number of phosphoric ester groups is 1. The maximum atomic E-state index is 12.5. The molecule has 10 heteroatoms. The molecule has 0 saturated heterocycles. The highest BCUT2D eigenvalue weighted by molar-refractivity contribution is 7.47. The summed E-state index contributed by atoms with van der Waals surface area (Å²) in [5.41, 5.74) is 0. The van der Waals surface area contributed by atoms with Crippen molar-refractivity contribution in [2.24, 2.45) is 0 Å². The lowest BCUT2D eigenvalue weighted by molar-refractivity contribution is -0.153. The average molecular weight is 807 g/mol. The maximum absolute atomic E-state index is 12.5. The highest BCUT2D eigenvalue weighted by Gasteiger charge is 2.26. The smallest absolute Gasteiger partial charge is 0.457 e. The van der Waals surface area contributed by atoms with E-state index in [0.717, 1.165) is 51.4 Å². The SMILES string of the molecule is CC/C=C\C/C=C\C/C=C\C/C=C\C/C=C\CC(=O)OC(COCCCCCCCCCCCC/C=C\C/C=C\CCCCC)COP(=O)(O)OCC(O)CO. The zero-order valence-electron chi connectivity index (χ0n) is 35.1. The van der Waals surface area contributed by atoms with Gasteiger partial charge in [0.05, 0.1) is 32.8 Å². The molecule has 0 radical (unpaired) electrons. The Hall–Kier alpha value is -2.36. The molecule has 0 aliphatic heterocycles. The number of rotatable bonds is 40. The summed E-state index contributed by atoms with van der Waals surface area (Å²) in [6.45, 7) is 3.22. The molecule has 3 unspecified atom stereocenters. The monoisotopic (exact) mass is 807 g/mol. The second-order valence-electron chi connectivity index (χ2n) is 14.0. The van der Waals surface area contributed by atoms with Crippen molar-refractivity contribution in [1.82, 2.24) is 0 Å². The number of hydrogen-bond donors (Lipinski definition) is 3. The topological polar surface area (TPSA) is 132 Å². The van der Waals surface area contributed by atoms with Crippen molar-refractivity contribution in [2.75, 3.05) is 33.0 Å². The second kappa shape index (κ2) is 42.3. The third kappa shape index (κ3) is 41.3. The Morgan fingerprint density at radius 3 is 1.54 bits per heavy atom. The summed E-state index contributed by atoms with van der Waals surface area (Å²) in [4.78, 5) is 22.5. The van der Waals surface area contributed by atoms with Crippen molar-refractivity contribution in [2.45, 2.75) is 167 Å². The van der Waals surface area contributed by atoms with E-state index >= 15 is 0 Å². The Morgan fingerprint density at radius 1 is 0.571 bits per heavy atom. The molecule has 0 saturated carbocycles. The van der Waals surface area contributed by atoms with Crippen LogP contribution in [-0.4, -0.2) is 66.3 Å². The van der Waals surface area contributed by atoms with Gasteiger partial charge in [0.25, 0.3) is 0 Å². The molecule has 0 aromatic heterocycles. The van der Waals surface area contributed by atoms with Crippen molar-refractivity contribution in [3.63, 3.8) is 0 Å². The molecule has 0 fully saturated rings. The Balaban J connectivity index is 4.28. The van der Waals surface area contributed by atoms with Gasteiger partial charge in [0, 0.05) is 6.61 Å². The molecule has 0 spiro atoms. The number of esters is 1. The van der Waals surface area contributed by atoms with Gasteiger partial charge < -0.3 is 24.6 Å². The van der Waals surface area contributed by atoms with E-state index in [1.165, 1.54) is 77.0 Å². The normalized spacial score (nSPS) is 14.9. The zero-order valence-corrected chi connectivity index (χ0v) is 36.0. The van der Waals surface area contributed by atoms with E-state index in [1.54, 1.807) is 6.08 Å². The second-order valence-corrected chi connectivity index (χ2v) is 15.4. The standard InChI is InChI=1S/C46H79O9P/c1-3-5-7-9-11-13-15-17-19-20-21-22-23-25-27-29-31-33-35-37-39-52-42-45(43-54-56(50,51)53-41-44(48)40-47)55-46(49)38-36-34-32-30-28-26-24-18-16-14-12-10-8-6-4-2/h6,8,11-14,17-19,24,28,30,34,36,44-45,47-48H,3-5,7,9-10,15-16,20-23,25-27,29,31-33,35,37-43H2,1-2H3,(H,50,51)/b8-6-,13-11-,14-12-,19-17-,24-18-,30-28-,36-34-. The molecule has 0 aliphatic carbocycles. The predicted octanol–water partition coefficient (Wildman–Crippen LogP) is 11.9. The summed E-state index contributed by atoms with van der Waals surface area (Å²) >= 11 is 0. The maximum Gasteiger partial charge on any atom is 0.472 e. The van der Waals surface area contributed by atoms with E-state index in [9.17, 15) is 19.4 Å². The number of carbonyl (C=O) groups excluding carboxylic acids is 1. The number of aliphatic hydroxyl groups is 2. The summed E-state index contributed by atoms with van der Waals surface area (Å²) in [5, 5.41) is 18.3. The van der Waals surface area contributed by atoms with E-state index < -0.39 is 45.8 Å². The van der Waals surface area contributed by atoms with Crippen molar-refractivity contribution < 1.29 is 43.0 Å². The van der Waals surface area contributed by atoms with Gasteiger partial charge in [0.2, 0.25) is 0 Å². The Morgan fingerprint density at radius 2 is 1.02 bits per heavy atom. The van der Waals surface area contributed by atoms with Crippen LogP contribution in [0.3, 0.4) is 0 Å². The van der Waals surface area contributed by atoms with Gasteiger partial charge in [-0.3, -0.25) is 13.8 Å². The molecule has 56 heavy (non-hydrogen) atoms. The van der Waals surface area contributed by atoms with Crippen molar-refractivity contribution in [1.29, 1.82) is 0 Å². The summed E-state index contributed by atoms with van der Waals surface area (Å²) in [6.07, 6.45) is 51.4. The van der Waals surface area contributed by atoms with E-state index in [4.69, 9.17) is 23.6 Å². The number of allylic oxidation sites excluding steroid dienone is 13. The molecule has 0 heterocycles. The summed E-state index contributed by atoms with van der Waals surface area (Å²) in [6, 6.07) is 0. The van der Waals surface area contributed by atoms with Gasteiger partial charge in [-0.1, -0.05) is 163 Å². The summed E-state index contributed by atoms with van der Waals surface area (Å²) in [5.74, 6) is -0.513. The van der Waals surface area contributed by atoms with Crippen LogP contribution >= 0.6 is 7.82 Å². The van der Waals surface area contributed by atoms with Gasteiger partial charge in [0.15, 0.2) is 0 Å². The van der Waals surface area contributed by atoms with Crippen LogP contribution in [0.1, 0.15) is 155 Å². The fourth-order valence-electron chi connectivity index (χ4n) is 5.34. The van der Waals surface area contributed by atoms with Gasteiger partial charge in [-0.25, -0.2) is 4.57 Å². The molecule has 3 atom stereocenters. The fraction of sp³-hybridized carbons (Fsp3) is 0.674. The van der Waals surface area contributed by atoms with Crippen molar-refractivity contribution in [3.05, 3.63) is 85.1 Å². The molecule has 0 amide bonds. The minimum atomic E-state index is -4.55. The van der Waals surface area contributed by atoms with Gasteiger partial charge in [-0.15, -0.1) is 0 Å². The molecular weight excluding hydrogens is 727 g/mol. The minimum absolute atomic E-state index is 0.00262. The number of phosphoric acid groups is 1. The fourth-order valence-corrected chi connectivity index (χ4v) is 6.13. The van der Waals surface area contributed by atoms with Crippen LogP contribution in [-0.2, 0) is 27.9 Å².